The summed E-state index contributed by atoms with van der Waals surface area (Å²) in [6.07, 6.45) is 1.81. The van der Waals surface area contributed by atoms with E-state index in [-0.39, 0.29) is 5.91 Å². The summed E-state index contributed by atoms with van der Waals surface area (Å²) in [4.78, 5) is 22.3. The number of hydrogen-bond donors (Lipinski definition) is 1. The molecule has 2 heterocycles. The fourth-order valence-corrected chi connectivity index (χ4v) is 5.61. The highest BCUT2D eigenvalue weighted by Gasteiger charge is 2.25. The summed E-state index contributed by atoms with van der Waals surface area (Å²) in [5.74, 6) is -0.170. The quantitative estimate of drug-likeness (QED) is 0.486. The van der Waals surface area contributed by atoms with Crippen molar-refractivity contribution in [3.8, 4) is 6.07 Å². The third kappa shape index (κ3) is 3.91. The number of nitrogens with zero attached hydrogens (tertiary/aromatic N) is 3. The highest BCUT2D eigenvalue weighted by molar-refractivity contribution is 8.18. The molecular weight excluding hydrogens is 436 g/mol. The minimum Gasteiger partial charge on any atom is -0.340 e. The van der Waals surface area contributed by atoms with Gasteiger partial charge < -0.3 is 10.2 Å². The van der Waals surface area contributed by atoms with Crippen LogP contribution in [-0.2, 0) is 4.79 Å². The molecule has 0 radical (unpaired) electrons. The van der Waals surface area contributed by atoms with Crippen LogP contribution in [0.3, 0.4) is 0 Å². The molecule has 0 saturated carbocycles. The van der Waals surface area contributed by atoms with Crippen LogP contribution in [0.5, 0.6) is 0 Å². The van der Waals surface area contributed by atoms with Crippen LogP contribution in [0.4, 0.5) is 17.1 Å². The number of nitrogens with one attached hydrogen (secondary N) is 1. The fraction of sp³-hybridized carbons (Fsp3) is 0.0800. The van der Waals surface area contributed by atoms with Crippen molar-refractivity contribution in [2.45, 2.75) is 16.7 Å². The maximum absolute atomic E-state index is 12.4. The standard InChI is InChI=1S/C25H18N4OS2/c1-2-29-19-5-3-4-6-21(19)31-22-14-18(11-12-20(22)29)27-25-28-24(30)23(32-25)13-16-7-9-17(15-26)10-8-16/h3-14H,2H2,1H3,(H,27,28,30). The first-order chi connectivity index (χ1) is 15.6. The van der Waals surface area contributed by atoms with Crippen molar-refractivity contribution in [2.75, 3.05) is 11.4 Å². The second-order valence-corrected chi connectivity index (χ2v) is 9.30. The predicted octanol–water partition coefficient (Wildman–Crippen LogP) is 6.07. The molecule has 0 atom stereocenters. The average molecular weight is 455 g/mol. The molecule has 7 heteroatoms. The number of nitriles is 1. The molecule has 3 aromatic carbocycles. The van der Waals surface area contributed by atoms with Crippen molar-refractivity contribution < 1.29 is 4.79 Å². The van der Waals surface area contributed by atoms with Crippen LogP contribution in [0.15, 0.2) is 86.4 Å². The van der Waals surface area contributed by atoms with Crippen LogP contribution in [-0.4, -0.2) is 17.6 Å². The highest BCUT2D eigenvalue weighted by Crippen LogP contribution is 2.49. The zero-order valence-corrected chi connectivity index (χ0v) is 18.8. The third-order valence-electron chi connectivity index (χ3n) is 5.15. The Morgan fingerprint density at radius 3 is 2.59 bits per heavy atom. The molecule has 0 aliphatic carbocycles. The average Bonchev–Trinajstić information content (AvgIpc) is 3.16. The van der Waals surface area contributed by atoms with E-state index in [1.165, 1.54) is 28.0 Å². The number of amides is 1. The molecule has 2 aliphatic heterocycles. The first-order valence-electron chi connectivity index (χ1n) is 10.1. The lowest BCUT2D eigenvalue weighted by molar-refractivity contribution is -0.115. The largest absolute Gasteiger partial charge is 0.340 e. The Hall–Kier alpha value is -3.47. The van der Waals surface area contributed by atoms with E-state index in [0.29, 0.717) is 15.6 Å². The number of carbonyl (C=O) groups excluding carboxylic acids is 1. The smallest absolute Gasteiger partial charge is 0.264 e. The Morgan fingerprint density at radius 1 is 1.03 bits per heavy atom. The van der Waals surface area contributed by atoms with Crippen molar-refractivity contribution in [3.63, 3.8) is 0 Å². The Kier molecular flexibility index (Phi) is 5.48. The molecule has 1 fully saturated rings. The Bertz CT molecular complexity index is 1320. The van der Waals surface area contributed by atoms with Gasteiger partial charge in [0.25, 0.3) is 5.91 Å². The summed E-state index contributed by atoms with van der Waals surface area (Å²) in [6, 6.07) is 23.8. The van der Waals surface area contributed by atoms with Crippen LogP contribution in [0.25, 0.3) is 6.08 Å². The van der Waals surface area contributed by atoms with Crippen LogP contribution >= 0.6 is 23.5 Å². The van der Waals surface area contributed by atoms with Gasteiger partial charge in [-0.2, -0.15) is 5.26 Å². The number of thioether (sulfide) groups is 1. The van der Waals surface area contributed by atoms with E-state index in [1.807, 2.05) is 24.3 Å². The van der Waals surface area contributed by atoms with E-state index in [0.717, 1.165) is 22.7 Å². The number of anilines is 2. The van der Waals surface area contributed by atoms with Crippen LogP contribution < -0.4 is 10.2 Å². The molecule has 0 bridgehead atoms. The van der Waals surface area contributed by atoms with Gasteiger partial charge in [0, 0.05) is 16.3 Å². The first kappa shape index (κ1) is 20.4. The van der Waals surface area contributed by atoms with Crippen LogP contribution in [0, 0.1) is 11.3 Å². The maximum atomic E-state index is 12.4. The van der Waals surface area contributed by atoms with Gasteiger partial charge in [0.1, 0.15) is 0 Å². The van der Waals surface area contributed by atoms with Gasteiger partial charge in [0.05, 0.1) is 33.6 Å². The SMILES string of the molecule is CCN1c2ccccc2Sc2cc(N=C3NC(=O)C(=Cc4ccc(C#N)cc4)S3)ccc21. The van der Waals surface area contributed by atoms with Crippen molar-refractivity contribution in [1.82, 2.24) is 5.32 Å². The van der Waals surface area contributed by atoms with Crippen LogP contribution in [0.1, 0.15) is 18.1 Å². The molecule has 1 saturated heterocycles. The number of para-hydroxylation sites is 1. The molecule has 5 rings (SSSR count). The second-order valence-electron chi connectivity index (χ2n) is 7.18. The molecule has 0 aromatic heterocycles. The maximum Gasteiger partial charge on any atom is 0.264 e. The molecular formula is C25H18N4OS2. The zero-order chi connectivity index (χ0) is 22.1. The van der Waals surface area contributed by atoms with Gasteiger partial charge >= 0.3 is 0 Å². The summed E-state index contributed by atoms with van der Waals surface area (Å²) in [7, 11) is 0. The van der Waals surface area contributed by atoms with Crippen LogP contribution in [0.2, 0.25) is 0 Å². The molecule has 5 nitrogen and oxygen atoms in total. The van der Waals surface area contributed by atoms with Crippen molar-refractivity contribution in [2.24, 2.45) is 4.99 Å². The molecule has 0 unspecified atom stereocenters. The van der Waals surface area contributed by atoms with Crippen molar-refractivity contribution in [3.05, 3.63) is 82.8 Å². The summed E-state index contributed by atoms with van der Waals surface area (Å²) in [5.41, 5.74) is 4.65. The third-order valence-corrected chi connectivity index (χ3v) is 7.17. The van der Waals surface area contributed by atoms with E-state index in [4.69, 9.17) is 5.26 Å². The summed E-state index contributed by atoms with van der Waals surface area (Å²) in [6.45, 7) is 3.03. The number of benzene rings is 3. The van der Waals surface area contributed by atoms with Gasteiger partial charge in [0.2, 0.25) is 0 Å². The summed E-state index contributed by atoms with van der Waals surface area (Å²) >= 11 is 3.06. The lowest BCUT2D eigenvalue weighted by Gasteiger charge is -2.31. The summed E-state index contributed by atoms with van der Waals surface area (Å²) in [5, 5.41) is 12.3. The summed E-state index contributed by atoms with van der Waals surface area (Å²) < 4.78 is 0. The topological polar surface area (TPSA) is 68.5 Å². The highest BCUT2D eigenvalue weighted by atomic mass is 32.2. The van der Waals surface area contributed by atoms with Gasteiger partial charge in [-0.1, -0.05) is 36.0 Å². The second kappa shape index (κ2) is 8.58. The van der Waals surface area contributed by atoms with E-state index in [9.17, 15) is 4.79 Å². The molecule has 1 N–H and O–H groups in total. The van der Waals surface area contributed by atoms with Gasteiger partial charge in [0.15, 0.2) is 5.17 Å². The molecule has 156 valence electrons. The number of carbonyl (C=O) groups is 1. The minimum absolute atomic E-state index is 0.170. The number of fused-ring (bicyclic) bond motifs is 2. The number of aliphatic imine (C=N–C) groups is 1. The molecule has 3 aromatic rings. The van der Waals surface area contributed by atoms with Gasteiger partial charge in [-0.25, -0.2) is 4.99 Å². The van der Waals surface area contributed by atoms with Gasteiger partial charge in [-0.15, -0.1) is 0 Å². The molecule has 1 amide bonds. The van der Waals surface area contributed by atoms with Gasteiger partial charge in [-0.05, 0) is 72.8 Å². The minimum atomic E-state index is -0.170. The van der Waals surface area contributed by atoms with E-state index >= 15 is 0 Å². The number of hydrogen-bond acceptors (Lipinski definition) is 6. The lowest BCUT2D eigenvalue weighted by atomic mass is 10.1. The monoisotopic (exact) mass is 454 g/mol. The molecule has 32 heavy (non-hydrogen) atoms. The first-order valence-corrected chi connectivity index (χ1v) is 11.8. The fourth-order valence-electron chi connectivity index (χ4n) is 3.64. The van der Waals surface area contributed by atoms with E-state index < -0.39 is 0 Å². The number of amidine groups is 1. The number of rotatable bonds is 3. The van der Waals surface area contributed by atoms with Crippen molar-refractivity contribution in [1.29, 1.82) is 5.26 Å². The normalized spacial score (nSPS) is 17.1. The Morgan fingerprint density at radius 2 is 1.81 bits per heavy atom. The lowest BCUT2D eigenvalue weighted by Crippen LogP contribution is -2.20. The Labute approximate surface area is 194 Å². The molecule has 2 aliphatic rings. The van der Waals surface area contributed by atoms with Gasteiger partial charge in [-0.3, -0.25) is 4.79 Å². The Balaban J connectivity index is 1.40. The van der Waals surface area contributed by atoms with E-state index in [1.54, 1.807) is 23.9 Å². The predicted molar refractivity (Wildman–Crippen MR) is 132 cm³/mol. The zero-order valence-electron chi connectivity index (χ0n) is 17.2. The molecule has 0 spiro atoms. The van der Waals surface area contributed by atoms with Crippen molar-refractivity contribution >= 4 is 57.7 Å². The van der Waals surface area contributed by atoms with E-state index in [2.05, 4.69) is 64.6 Å².